The van der Waals surface area contributed by atoms with Gasteiger partial charge in [-0.05, 0) is 59.2 Å². The van der Waals surface area contributed by atoms with Crippen LogP contribution in [-0.4, -0.2) is 64.1 Å². The molecule has 0 saturated carbocycles. The van der Waals surface area contributed by atoms with Gasteiger partial charge in [0.15, 0.2) is 6.10 Å². The van der Waals surface area contributed by atoms with Gasteiger partial charge in [0.2, 0.25) is 0 Å². The number of hydrogen-bond acceptors (Lipinski definition) is 9. The Kier molecular flexibility index (Phi) is 9.88. The molecule has 2 aromatic rings. The predicted octanol–water partition coefficient (Wildman–Crippen LogP) is 4.39. The molecule has 2 aromatic carbocycles. The number of hydrogen-bond donors (Lipinski definition) is 1. The first-order chi connectivity index (χ1) is 18.3. The molecule has 0 bridgehead atoms. The van der Waals surface area contributed by atoms with Crippen LogP contribution in [-0.2, 0) is 28.6 Å². The monoisotopic (exact) mass is 541 g/mol. The first-order valence-corrected chi connectivity index (χ1v) is 13.1. The second-order valence-electron chi connectivity index (χ2n) is 11.1. The lowest BCUT2D eigenvalue weighted by Gasteiger charge is -2.54. The molecule has 0 radical (unpaired) electrons. The van der Waals surface area contributed by atoms with Gasteiger partial charge >= 0.3 is 17.9 Å². The number of piperidine rings is 1. The van der Waals surface area contributed by atoms with E-state index in [4.69, 9.17) is 19.0 Å². The van der Waals surface area contributed by atoms with Crippen LogP contribution >= 0.6 is 0 Å². The summed E-state index contributed by atoms with van der Waals surface area (Å²) in [6.45, 7) is 10.6. The fourth-order valence-corrected chi connectivity index (χ4v) is 4.91. The van der Waals surface area contributed by atoms with Gasteiger partial charge in [0.05, 0.1) is 5.56 Å². The highest BCUT2D eigenvalue weighted by Gasteiger charge is 2.49. The maximum atomic E-state index is 12.6. The van der Waals surface area contributed by atoms with E-state index < -0.39 is 53.4 Å². The van der Waals surface area contributed by atoms with Gasteiger partial charge in [-0.2, -0.15) is 5.06 Å². The van der Waals surface area contributed by atoms with Crippen molar-refractivity contribution in [3.63, 3.8) is 0 Å². The van der Waals surface area contributed by atoms with Crippen LogP contribution in [0, 0.1) is 0 Å². The van der Waals surface area contributed by atoms with E-state index in [9.17, 15) is 19.5 Å². The van der Waals surface area contributed by atoms with E-state index in [1.807, 2.05) is 69.2 Å². The van der Waals surface area contributed by atoms with Crippen LogP contribution in [0.3, 0.4) is 0 Å². The minimum absolute atomic E-state index is 0.00494. The minimum atomic E-state index is -1.33. The molecule has 3 rings (SSSR count). The summed E-state index contributed by atoms with van der Waals surface area (Å²) in [5.74, 6) is -2.00. The minimum Gasteiger partial charge on any atom is -0.459 e. The molecule has 0 amide bonds. The highest BCUT2D eigenvalue weighted by atomic mass is 16.7. The van der Waals surface area contributed by atoms with E-state index in [-0.39, 0.29) is 6.61 Å². The number of nitrogens with zero attached hydrogens (tertiary/aromatic N) is 1. The van der Waals surface area contributed by atoms with Crippen LogP contribution in [0.25, 0.3) is 0 Å². The third kappa shape index (κ3) is 8.11. The van der Waals surface area contributed by atoms with Crippen molar-refractivity contribution in [1.82, 2.24) is 5.06 Å². The van der Waals surface area contributed by atoms with Gasteiger partial charge in [-0.1, -0.05) is 48.5 Å². The summed E-state index contributed by atoms with van der Waals surface area (Å²) in [6, 6.07) is 18.3. The van der Waals surface area contributed by atoms with Gasteiger partial charge < -0.3 is 19.3 Å². The van der Waals surface area contributed by atoms with Crippen molar-refractivity contribution >= 4 is 17.9 Å². The van der Waals surface area contributed by atoms with Crippen LogP contribution in [0.1, 0.15) is 76.4 Å². The summed E-state index contributed by atoms with van der Waals surface area (Å²) < 4.78 is 16.4. The Morgan fingerprint density at radius 1 is 0.897 bits per heavy atom. The number of carbonyl (C=O) groups excluding carboxylic acids is 3. The first-order valence-electron chi connectivity index (χ1n) is 13.1. The van der Waals surface area contributed by atoms with Crippen LogP contribution in [0.4, 0.5) is 0 Å². The van der Waals surface area contributed by atoms with Crippen LogP contribution in [0.2, 0.25) is 0 Å². The second kappa shape index (κ2) is 12.7. The quantitative estimate of drug-likeness (QED) is 0.346. The average Bonchev–Trinajstić information content (AvgIpc) is 2.87. The van der Waals surface area contributed by atoms with Crippen molar-refractivity contribution in [2.24, 2.45) is 0 Å². The molecule has 1 aliphatic rings. The summed E-state index contributed by atoms with van der Waals surface area (Å²) in [6.07, 6.45) is -2.61. The fourth-order valence-electron chi connectivity index (χ4n) is 4.91. The number of aliphatic hydroxyl groups is 1. The lowest BCUT2D eigenvalue weighted by atomic mass is 9.80. The molecule has 1 aliphatic heterocycles. The lowest BCUT2D eigenvalue weighted by Crippen LogP contribution is -2.62. The molecule has 0 spiro atoms. The molecule has 3 atom stereocenters. The molecule has 1 N–H and O–H groups in total. The molecule has 1 fully saturated rings. The molecule has 1 saturated heterocycles. The van der Waals surface area contributed by atoms with E-state index in [1.165, 1.54) is 13.8 Å². The molecular formula is C30H39NO8. The zero-order valence-corrected chi connectivity index (χ0v) is 23.5. The third-order valence-electron chi connectivity index (χ3n) is 6.58. The Balaban J connectivity index is 1.72. The van der Waals surface area contributed by atoms with Gasteiger partial charge in [0.25, 0.3) is 0 Å². The highest BCUT2D eigenvalue weighted by molar-refractivity contribution is 5.89. The second-order valence-corrected chi connectivity index (χ2v) is 11.1. The van der Waals surface area contributed by atoms with Crippen molar-refractivity contribution in [2.75, 3.05) is 6.61 Å². The molecular weight excluding hydrogens is 502 g/mol. The molecule has 0 aromatic heterocycles. The standard InChI is InChI=1S/C30H39NO8/c1-20(32)26(33)37-21(2)27(34)38-24-17-29(3,4)31(30(5,6)18-24)39-25(22-13-9-7-10-14-22)19-36-28(35)23-15-11-8-12-16-23/h7-16,20-21,24-25,32H,17-19H2,1-6H3. The number of aliphatic hydroxyl groups excluding tert-OH is 1. The number of ether oxygens (including phenoxy) is 3. The van der Waals surface area contributed by atoms with Crippen LogP contribution < -0.4 is 0 Å². The third-order valence-corrected chi connectivity index (χ3v) is 6.58. The Morgan fingerprint density at radius 3 is 1.97 bits per heavy atom. The maximum absolute atomic E-state index is 12.6. The largest absolute Gasteiger partial charge is 0.459 e. The van der Waals surface area contributed by atoms with Gasteiger partial charge in [0.1, 0.15) is 24.9 Å². The lowest BCUT2D eigenvalue weighted by molar-refractivity contribution is -0.320. The van der Waals surface area contributed by atoms with Crippen LogP contribution in [0.15, 0.2) is 60.7 Å². The molecule has 0 aliphatic carbocycles. The SMILES string of the molecule is CC(O)C(=O)OC(C)C(=O)OC1CC(C)(C)N(OC(COC(=O)c2ccccc2)c2ccccc2)C(C)(C)C1. The Bertz CT molecular complexity index is 1100. The van der Waals surface area contributed by atoms with E-state index in [0.29, 0.717) is 18.4 Å². The van der Waals surface area contributed by atoms with E-state index in [1.54, 1.807) is 24.3 Å². The van der Waals surface area contributed by atoms with E-state index >= 15 is 0 Å². The summed E-state index contributed by atoms with van der Waals surface area (Å²) in [5, 5.41) is 11.2. The predicted molar refractivity (Wildman–Crippen MR) is 143 cm³/mol. The summed E-state index contributed by atoms with van der Waals surface area (Å²) in [7, 11) is 0. The van der Waals surface area contributed by atoms with Gasteiger partial charge in [-0.15, -0.1) is 0 Å². The average molecular weight is 542 g/mol. The topological polar surface area (TPSA) is 112 Å². The summed E-state index contributed by atoms with van der Waals surface area (Å²) in [4.78, 5) is 43.5. The van der Waals surface area contributed by atoms with Gasteiger partial charge in [0, 0.05) is 23.9 Å². The van der Waals surface area contributed by atoms with Crippen molar-refractivity contribution in [3.05, 3.63) is 71.8 Å². The van der Waals surface area contributed by atoms with Gasteiger partial charge in [-0.25, -0.2) is 14.4 Å². The summed E-state index contributed by atoms with van der Waals surface area (Å²) in [5.41, 5.74) is 0.152. The number of rotatable bonds is 10. The van der Waals surface area contributed by atoms with E-state index in [2.05, 4.69) is 0 Å². The number of esters is 3. The number of benzene rings is 2. The Hall–Kier alpha value is -3.27. The van der Waals surface area contributed by atoms with Gasteiger partial charge in [-0.3, -0.25) is 4.84 Å². The van der Waals surface area contributed by atoms with Crippen molar-refractivity contribution < 1.29 is 38.5 Å². The number of hydroxylamine groups is 2. The molecule has 212 valence electrons. The molecule has 9 nitrogen and oxygen atoms in total. The summed E-state index contributed by atoms with van der Waals surface area (Å²) >= 11 is 0. The molecule has 39 heavy (non-hydrogen) atoms. The first kappa shape index (κ1) is 30.3. The maximum Gasteiger partial charge on any atom is 0.347 e. The highest BCUT2D eigenvalue weighted by Crippen LogP contribution is 2.42. The number of carbonyl (C=O) groups is 3. The zero-order valence-electron chi connectivity index (χ0n) is 23.5. The van der Waals surface area contributed by atoms with Crippen molar-refractivity contribution in [2.45, 2.75) is 89.9 Å². The van der Waals surface area contributed by atoms with E-state index in [0.717, 1.165) is 5.56 Å². The molecule has 3 unspecified atom stereocenters. The molecule has 1 heterocycles. The normalized spacial score (nSPS) is 19.4. The smallest absolute Gasteiger partial charge is 0.347 e. The van der Waals surface area contributed by atoms with Crippen LogP contribution in [0.5, 0.6) is 0 Å². The Labute approximate surface area is 229 Å². The van der Waals surface area contributed by atoms with Crippen molar-refractivity contribution in [3.8, 4) is 0 Å². The molecule has 9 heteroatoms. The Morgan fingerprint density at radius 2 is 1.44 bits per heavy atom. The zero-order chi connectivity index (χ0) is 28.8. The van der Waals surface area contributed by atoms with Crippen molar-refractivity contribution in [1.29, 1.82) is 0 Å². The fraction of sp³-hybridized carbons (Fsp3) is 0.500.